The Morgan fingerprint density at radius 3 is 2.42 bits per heavy atom. The highest BCUT2D eigenvalue weighted by molar-refractivity contribution is 6.34. The van der Waals surface area contributed by atoms with Crippen molar-refractivity contribution in [3.05, 3.63) is 57.6 Å². The molecule has 0 heterocycles. The van der Waals surface area contributed by atoms with E-state index in [2.05, 4.69) is 5.32 Å². The number of rotatable bonds is 8. The van der Waals surface area contributed by atoms with Gasteiger partial charge in [-0.3, -0.25) is 9.59 Å². The fourth-order valence-electron chi connectivity index (χ4n) is 4.32. The average Bonchev–Trinajstić information content (AvgIpc) is 2.70. The lowest BCUT2D eigenvalue weighted by Gasteiger charge is -2.21. The van der Waals surface area contributed by atoms with Gasteiger partial charge in [0.15, 0.2) is 0 Å². The molecule has 3 rings (SSSR count). The highest BCUT2D eigenvalue weighted by Gasteiger charge is 2.17. The lowest BCUT2D eigenvalue weighted by molar-refractivity contribution is -0.136. The normalized spacial score (nSPS) is 14.3. The molecule has 1 amide bonds. The van der Waals surface area contributed by atoms with Crippen molar-refractivity contribution >= 4 is 29.2 Å². The molecule has 0 aromatic heterocycles. The third kappa shape index (κ3) is 6.47. The summed E-state index contributed by atoms with van der Waals surface area (Å²) < 4.78 is 5.99. The van der Waals surface area contributed by atoms with Gasteiger partial charge in [0.05, 0.1) is 23.7 Å². The first kappa shape index (κ1) is 23.1. The molecule has 0 spiro atoms. The van der Waals surface area contributed by atoms with Crippen molar-refractivity contribution in [3.63, 3.8) is 0 Å². The van der Waals surface area contributed by atoms with E-state index in [1.807, 2.05) is 26.0 Å². The molecule has 1 saturated carbocycles. The van der Waals surface area contributed by atoms with Crippen molar-refractivity contribution in [2.75, 3.05) is 11.9 Å². The third-order valence-corrected chi connectivity index (χ3v) is 6.22. The van der Waals surface area contributed by atoms with Gasteiger partial charge >= 0.3 is 5.97 Å². The number of benzene rings is 2. The van der Waals surface area contributed by atoms with Crippen LogP contribution in [-0.4, -0.2) is 23.6 Å². The summed E-state index contributed by atoms with van der Waals surface area (Å²) in [5.41, 5.74) is 3.18. The predicted molar refractivity (Wildman–Crippen MR) is 123 cm³/mol. The van der Waals surface area contributed by atoms with Crippen molar-refractivity contribution in [2.45, 2.75) is 58.8 Å². The van der Waals surface area contributed by atoms with Gasteiger partial charge in [0.25, 0.3) is 5.91 Å². The number of hydrogen-bond donors (Lipinski definition) is 2. The van der Waals surface area contributed by atoms with E-state index in [9.17, 15) is 9.59 Å². The summed E-state index contributed by atoms with van der Waals surface area (Å²) in [5, 5.41) is 12.2. The van der Waals surface area contributed by atoms with Gasteiger partial charge < -0.3 is 15.2 Å². The van der Waals surface area contributed by atoms with Crippen LogP contribution in [0, 0.1) is 19.8 Å². The van der Waals surface area contributed by atoms with Crippen molar-refractivity contribution in [1.82, 2.24) is 0 Å². The minimum absolute atomic E-state index is 0.134. The van der Waals surface area contributed by atoms with E-state index in [0.29, 0.717) is 28.4 Å². The summed E-state index contributed by atoms with van der Waals surface area (Å²) >= 11 is 6.21. The van der Waals surface area contributed by atoms with Crippen LogP contribution in [0.2, 0.25) is 5.02 Å². The third-order valence-electron chi connectivity index (χ3n) is 5.89. The number of carboxylic acids is 1. The van der Waals surface area contributed by atoms with Gasteiger partial charge in [-0.25, -0.2) is 0 Å². The summed E-state index contributed by atoms with van der Waals surface area (Å²) in [6.45, 7) is 4.47. The maximum atomic E-state index is 12.9. The topological polar surface area (TPSA) is 75.6 Å². The SMILES string of the molecule is Cc1cc(OCCC2CCCCC2)cc(C)c1C(=O)Nc1cc(CC(=O)O)ccc1Cl. The van der Waals surface area contributed by atoms with Crippen LogP contribution in [0.4, 0.5) is 5.69 Å². The molecule has 1 aliphatic carbocycles. The molecule has 0 unspecified atom stereocenters. The summed E-state index contributed by atoms with van der Waals surface area (Å²) in [5.74, 6) is 0.329. The van der Waals surface area contributed by atoms with Crippen LogP contribution in [0.5, 0.6) is 5.75 Å². The van der Waals surface area contributed by atoms with Crippen LogP contribution in [0.25, 0.3) is 0 Å². The predicted octanol–water partition coefficient (Wildman–Crippen LogP) is 6.19. The molecule has 0 radical (unpaired) electrons. The number of amides is 1. The van der Waals surface area contributed by atoms with Crippen molar-refractivity contribution < 1.29 is 19.4 Å². The number of aliphatic carboxylic acids is 1. The first-order chi connectivity index (χ1) is 14.8. The number of carbonyl (C=O) groups excluding carboxylic acids is 1. The smallest absolute Gasteiger partial charge is 0.307 e. The molecular formula is C25H30ClNO4. The van der Waals surface area contributed by atoms with Crippen molar-refractivity contribution in [3.8, 4) is 5.75 Å². The van der Waals surface area contributed by atoms with Crippen molar-refractivity contribution in [1.29, 1.82) is 0 Å². The number of carboxylic acid groups (broad SMARTS) is 1. The van der Waals surface area contributed by atoms with Crippen molar-refractivity contribution in [2.24, 2.45) is 5.92 Å². The Hall–Kier alpha value is -2.53. The zero-order valence-electron chi connectivity index (χ0n) is 18.2. The fourth-order valence-corrected chi connectivity index (χ4v) is 4.49. The number of nitrogens with one attached hydrogen (secondary N) is 1. The molecular weight excluding hydrogens is 414 g/mol. The minimum Gasteiger partial charge on any atom is -0.494 e. The fraction of sp³-hybridized carbons (Fsp3) is 0.440. The second-order valence-corrected chi connectivity index (χ2v) is 8.82. The van der Waals surface area contributed by atoms with Gasteiger partial charge in [0.2, 0.25) is 0 Å². The van der Waals surface area contributed by atoms with Crippen LogP contribution in [0.3, 0.4) is 0 Å². The van der Waals surface area contributed by atoms with E-state index >= 15 is 0 Å². The Kier molecular flexibility index (Phi) is 7.97. The molecule has 31 heavy (non-hydrogen) atoms. The Bertz CT molecular complexity index is 928. The number of halogens is 1. The zero-order valence-corrected chi connectivity index (χ0v) is 18.9. The van der Waals surface area contributed by atoms with E-state index in [4.69, 9.17) is 21.4 Å². The minimum atomic E-state index is -0.939. The van der Waals surface area contributed by atoms with Gasteiger partial charge in [0, 0.05) is 5.56 Å². The van der Waals surface area contributed by atoms with Gasteiger partial charge in [-0.05, 0) is 67.1 Å². The average molecular weight is 444 g/mol. The maximum absolute atomic E-state index is 12.9. The quantitative estimate of drug-likeness (QED) is 0.510. The molecule has 2 aromatic carbocycles. The number of aryl methyl sites for hydroxylation is 2. The van der Waals surface area contributed by atoms with Gasteiger partial charge in [-0.1, -0.05) is 49.8 Å². The summed E-state index contributed by atoms with van der Waals surface area (Å²) in [6.07, 6.45) is 7.56. The molecule has 0 aliphatic heterocycles. The molecule has 6 heteroatoms. The van der Waals surface area contributed by atoms with Gasteiger partial charge in [0.1, 0.15) is 5.75 Å². The van der Waals surface area contributed by atoms with E-state index in [0.717, 1.165) is 29.2 Å². The largest absolute Gasteiger partial charge is 0.494 e. The second kappa shape index (κ2) is 10.7. The molecule has 2 N–H and O–H groups in total. The molecule has 1 fully saturated rings. The zero-order chi connectivity index (χ0) is 22.4. The molecule has 166 valence electrons. The van der Waals surface area contributed by atoms with Crippen LogP contribution in [0.15, 0.2) is 30.3 Å². The molecule has 0 saturated heterocycles. The Morgan fingerprint density at radius 2 is 1.77 bits per heavy atom. The second-order valence-electron chi connectivity index (χ2n) is 8.41. The summed E-state index contributed by atoms with van der Waals surface area (Å²) in [4.78, 5) is 23.9. The lowest BCUT2D eigenvalue weighted by atomic mass is 9.87. The van der Waals surface area contributed by atoms with Crippen LogP contribution < -0.4 is 10.1 Å². The first-order valence-electron chi connectivity index (χ1n) is 10.9. The maximum Gasteiger partial charge on any atom is 0.307 e. The van der Waals surface area contributed by atoms with E-state index in [1.54, 1.807) is 18.2 Å². The van der Waals surface area contributed by atoms with E-state index in [-0.39, 0.29) is 12.3 Å². The number of carbonyl (C=O) groups is 2. The number of ether oxygens (including phenoxy) is 1. The van der Waals surface area contributed by atoms with Crippen LogP contribution >= 0.6 is 11.6 Å². The number of anilines is 1. The highest BCUT2D eigenvalue weighted by atomic mass is 35.5. The van der Waals surface area contributed by atoms with E-state index in [1.165, 1.54) is 32.1 Å². The molecule has 5 nitrogen and oxygen atoms in total. The molecule has 0 atom stereocenters. The van der Waals surface area contributed by atoms with Gasteiger partial charge in [-0.15, -0.1) is 0 Å². The van der Waals surface area contributed by atoms with Crippen LogP contribution in [0.1, 0.15) is 65.6 Å². The molecule has 1 aliphatic rings. The van der Waals surface area contributed by atoms with Gasteiger partial charge in [-0.2, -0.15) is 0 Å². The monoisotopic (exact) mass is 443 g/mol. The Labute approximate surface area is 188 Å². The summed E-state index contributed by atoms with van der Waals surface area (Å²) in [7, 11) is 0. The molecule has 0 bridgehead atoms. The molecule has 2 aromatic rings. The number of hydrogen-bond acceptors (Lipinski definition) is 3. The van der Waals surface area contributed by atoms with E-state index < -0.39 is 5.97 Å². The summed E-state index contributed by atoms with van der Waals surface area (Å²) in [6, 6.07) is 8.62. The lowest BCUT2D eigenvalue weighted by Crippen LogP contribution is -2.16. The highest BCUT2D eigenvalue weighted by Crippen LogP contribution is 2.29. The first-order valence-corrected chi connectivity index (χ1v) is 11.3. The van der Waals surface area contributed by atoms with Crippen LogP contribution in [-0.2, 0) is 11.2 Å². The standard InChI is InChI=1S/C25H30ClNO4/c1-16-12-20(31-11-10-18-6-4-3-5-7-18)13-17(2)24(16)25(30)27-22-14-19(15-23(28)29)8-9-21(22)26/h8-9,12-14,18H,3-7,10-11,15H2,1-2H3,(H,27,30)(H,28,29). The Morgan fingerprint density at radius 1 is 1.10 bits per heavy atom. The Balaban J connectivity index is 1.66.